The molecule has 118 valence electrons. The van der Waals surface area contributed by atoms with Crippen molar-refractivity contribution in [1.82, 2.24) is 4.98 Å². The fraction of sp³-hybridized carbons (Fsp3) is 0.615. The van der Waals surface area contributed by atoms with Crippen LogP contribution >= 0.6 is 0 Å². The number of hydrogen-bond donors (Lipinski definition) is 0. The van der Waals surface area contributed by atoms with Crippen molar-refractivity contribution in [3.63, 3.8) is 0 Å². The van der Waals surface area contributed by atoms with E-state index in [1.807, 2.05) is 0 Å². The van der Waals surface area contributed by atoms with Gasteiger partial charge in [-0.3, -0.25) is 0 Å². The van der Waals surface area contributed by atoms with Crippen LogP contribution in [-0.4, -0.2) is 37.7 Å². The van der Waals surface area contributed by atoms with Crippen LogP contribution in [0.5, 0.6) is 0 Å². The summed E-state index contributed by atoms with van der Waals surface area (Å²) in [6.45, 7) is 2.49. The van der Waals surface area contributed by atoms with E-state index in [0.717, 1.165) is 6.07 Å². The molecule has 0 saturated carbocycles. The highest BCUT2D eigenvalue weighted by Gasteiger charge is 2.46. The molecule has 5 nitrogen and oxygen atoms in total. The van der Waals surface area contributed by atoms with Crippen molar-refractivity contribution in [2.24, 2.45) is 0 Å². The number of pyridine rings is 1. The molecule has 2 heterocycles. The van der Waals surface area contributed by atoms with Crippen molar-refractivity contribution >= 4 is 9.84 Å². The van der Waals surface area contributed by atoms with E-state index in [-0.39, 0.29) is 12.8 Å². The molecule has 0 bridgehead atoms. The predicted octanol–water partition coefficient (Wildman–Crippen LogP) is 2.38. The van der Waals surface area contributed by atoms with Crippen molar-refractivity contribution in [3.05, 3.63) is 24.4 Å². The zero-order valence-corrected chi connectivity index (χ0v) is 12.4. The zero-order valence-electron chi connectivity index (χ0n) is 11.6. The van der Waals surface area contributed by atoms with Crippen molar-refractivity contribution in [3.8, 4) is 0 Å². The van der Waals surface area contributed by atoms with Gasteiger partial charge in [-0.2, -0.15) is 8.78 Å². The molecular formula is C13H17F2NO4S. The van der Waals surface area contributed by atoms with E-state index in [2.05, 4.69) is 4.98 Å². The van der Waals surface area contributed by atoms with Gasteiger partial charge in [0.2, 0.25) is 0 Å². The fourth-order valence-corrected chi connectivity index (χ4v) is 3.29. The monoisotopic (exact) mass is 321 g/mol. The minimum atomic E-state index is -4.78. The molecule has 2 rings (SSSR count). The second kappa shape index (κ2) is 5.94. The van der Waals surface area contributed by atoms with Gasteiger partial charge in [0.25, 0.3) is 9.84 Å². The van der Waals surface area contributed by atoms with Crippen LogP contribution in [-0.2, 0) is 19.3 Å². The maximum Gasteiger partial charge on any atom is 0.351 e. The fourth-order valence-electron chi connectivity index (χ4n) is 2.11. The normalized spacial score (nSPS) is 18.8. The number of sulfone groups is 1. The van der Waals surface area contributed by atoms with Crippen LogP contribution in [0, 0.1) is 0 Å². The first-order valence-corrected chi connectivity index (χ1v) is 8.07. The number of nitrogens with zero attached hydrogens (tertiary/aromatic N) is 1. The molecule has 0 aromatic carbocycles. The van der Waals surface area contributed by atoms with Crippen LogP contribution in [0.2, 0.25) is 0 Å². The molecule has 0 atom stereocenters. The van der Waals surface area contributed by atoms with Gasteiger partial charge in [-0.15, -0.1) is 0 Å². The zero-order chi connectivity index (χ0) is 15.6. The first-order chi connectivity index (χ1) is 9.77. The molecule has 0 aliphatic carbocycles. The summed E-state index contributed by atoms with van der Waals surface area (Å²) in [6, 6.07) is 3.89. The lowest BCUT2D eigenvalue weighted by Crippen LogP contribution is -2.31. The molecule has 1 aromatic rings. The maximum absolute atomic E-state index is 14.0. The third-order valence-electron chi connectivity index (χ3n) is 3.30. The Morgan fingerprint density at radius 2 is 2.00 bits per heavy atom. The molecule has 1 aliphatic heterocycles. The van der Waals surface area contributed by atoms with Gasteiger partial charge in [-0.05, 0) is 25.5 Å². The van der Waals surface area contributed by atoms with E-state index < -0.39 is 32.3 Å². The Morgan fingerprint density at radius 1 is 1.33 bits per heavy atom. The molecular weight excluding hydrogens is 304 g/mol. The Bertz CT molecular complexity index is 571. The average Bonchev–Trinajstić information content (AvgIpc) is 2.86. The Kier molecular flexibility index (Phi) is 4.60. The lowest BCUT2D eigenvalue weighted by molar-refractivity contribution is -0.148. The quantitative estimate of drug-likeness (QED) is 0.805. The Labute approximate surface area is 122 Å². The second-order valence-corrected chi connectivity index (χ2v) is 7.02. The van der Waals surface area contributed by atoms with Gasteiger partial charge in [0.15, 0.2) is 10.8 Å². The van der Waals surface area contributed by atoms with E-state index >= 15 is 0 Å². The highest BCUT2D eigenvalue weighted by molar-refractivity contribution is 7.92. The van der Waals surface area contributed by atoms with Crippen LogP contribution in [0.15, 0.2) is 29.4 Å². The van der Waals surface area contributed by atoms with Crippen LogP contribution in [0.25, 0.3) is 0 Å². The average molecular weight is 321 g/mol. The minimum Gasteiger partial charge on any atom is -0.348 e. The van der Waals surface area contributed by atoms with Crippen LogP contribution in [0.4, 0.5) is 8.78 Å². The van der Waals surface area contributed by atoms with Crippen molar-refractivity contribution < 1.29 is 26.7 Å². The van der Waals surface area contributed by atoms with Crippen LogP contribution < -0.4 is 0 Å². The van der Waals surface area contributed by atoms with E-state index in [1.165, 1.54) is 18.3 Å². The van der Waals surface area contributed by atoms with Gasteiger partial charge in [-0.25, -0.2) is 13.4 Å². The molecule has 1 saturated heterocycles. The molecule has 1 aliphatic rings. The van der Waals surface area contributed by atoms with Crippen molar-refractivity contribution in [1.29, 1.82) is 0 Å². The summed E-state index contributed by atoms with van der Waals surface area (Å²) < 4.78 is 62.3. The topological polar surface area (TPSA) is 65.5 Å². The summed E-state index contributed by atoms with van der Waals surface area (Å²) in [4.78, 5) is 3.50. The van der Waals surface area contributed by atoms with Gasteiger partial charge in [0.05, 0.1) is 13.2 Å². The third-order valence-corrected chi connectivity index (χ3v) is 5.09. The summed E-state index contributed by atoms with van der Waals surface area (Å²) >= 11 is 0. The summed E-state index contributed by atoms with van der Waals surface area (Å²) in [7, 11) is -4.78. The number of ether oxygens (including phenoxy) is 2. The maximum atomic E-state index is 14.0. The smallest absolute Gasteiger partial charge is 0.348 e. The number of rotatable bonds is 6. The molecule has 1 fully saturated rings. The van der Waals surface area contributed by atoms with E-state index in [0.29, 0.717) is 13.2 Å². The number of halogens is 2. The van der Waals surface area contributed by atoms with Crippen molar-refractivity contribution in [2.75, 3.05) is 13.2 Å². The summed E-state index contributed by atoms with van der Waals surface area (Å²) in [5, 5.41) is -4.48. The summed E-state index contributed by atoms with van der Waals surface area (Å²) in [5.41, 5.74) is 0. The van der Waals surface area contributed by atoms with Gasteiger partial charge < -0.3 is 9.47 Å². The van der Waals surface area contributed by atoms with Crippen molar-refractivity contribution in [2.45, 2.75) is 42.3 Å². The predicted molar refractivity (Wildman–Crippen MR) is 70.5 cm³/mol. The first kappa shape index (κ1) is 16.3. The lowest BCUT2D eigenvalue weighted by atomic mass is 10.1. The third kappa shape index (κ3) is 3.56. The van der Waals surface area contributed by atoms with E-state index in [4.69, 9.17) is 9.47 Å². The molecule has 0 unspecified atom stereocenters. The SMILES string of the molecule is CC1(CCCC(F)(F)S(=O)(=O)c2ccccn2)OCCO1. The highest BCUT2D eigenvalue weighted by Crippen LogP contribution is 2.34. The molecule has 0 spiro atoms. The van der Waals surface area contributed by atoms with Crippen LogP contribution in [0.1, 0.15) is 26.2 Å². The second-order valence-electron chi connectivity index (χ2n) is 4.99. The molecule has 21 heavy (non-hydrogen) atoms. The van der Waals surface area contributed by atoms with Gasteiger partial charge in [-0.1, -0.05) is 6.07 Å². The molecule has 8 heteroatoms. The van der Waals surface area contributed by atoms with Crippen LogP contribution in [0.3, 0.4) is 0 Å². The highest BCUT2D eigenvalue weighted by atomic mass is 32.2. The number of hydrogen-bond acceptors (Lipinski definition) is 5. The molecule has 0 radical (unpaired) electrons. The number of aromatic nitrogens is 1. The Balaban J connectivity index is 2.01. The molecule has 0 N–H and O–H groups in total. The van der Waals surface area contributed by atoms with E-state index in [9.17, 15) is 17.2 Å². The summed E-state index contributed by atoms with van der Waals surface area (Å²) in [6.07, 6.45) is 0.550. The Hall–Kier alpha value is -1.12. The van der Waals surface area contributed by atoms with Gasteiger partial charge >= 0.3 is 5.25 Å². The lowest BCUT2D eigenvalue weighted by Gasteiger charge is -2.23. The Morgan fingerprint density at radius 3 is 2.57 bits per heavy atom. The first-order valence-electron chi connectivity index (χ1n) is 6.58. The van der Waals surface area contributed by atoms with E-state index in [1.54, 1.807) is 6.92 Å². The molecule has 1 aromatic heterocycles. The molecule has 0 amide bonds. The number of alkyl halides is 2. The van der Waals surface area contributed by atoms with Gasteiger partial charge in [0, 0.05) is 19.0 Å². The standard InChI is InChI=1S/C13H17F2NO4S/c1-12(19-9-10-20-12)6-4-7-13(14,15)21(17,18)11-5-2-3-8-16-11/h2-3,5,8H,4,6-7,9-10H2,1H3. The minimum absolute atomic E-state index is 0.0322. The summed E-state index contributed by atoms with van der Waals surface area (Å²) in [5.74, 6) is -0.898. The van der Waals surface area contributed by atoms with Gasteiger partial charge in [0.1, 0.15) is 0 Å². The largest absolute Gasteiger partial charge is 0.351 e.